The third-order valence-corrected chi connectivity index (χ3v) is 2.81. The quantitative estimate of drug-likeness (QED) is 0.727. The van der Waals surface area contributed by atoms with Crippen LogP contribution in [0.3, 0.4) is 0 Å². The third-order valence-electron chi connectivity index (χ3n) is 2.81. The van der Waals surface area contributed by atoms with Crippen molar-refractivity contribution in [2.45, 2.75) is 6.92 Å². The van der Waals surface area contributed by atoms with Gasteiger partial charge in [0, 0.05) is 11.1 Å². The zero-order valence-corrected chi connectivity index (χ0v) is 10.3. The minimum atomic E-state index is -0.489. The van der Waals surface area contributed by atoms with Crippen LogP contribution < -0.4 is 11.1 Å². The second-order valence-electron chi connectivity index (χ2n) is 4.14. The van der Waals surface area contributed by atoms with Gasteiger partial charge in [-0.2, -0.15) is 0 Å². The molecule has 0 saturated heterocycles. The van der Waals surface area contributed by atoms with E-state index in [0.29, 0.717) is 11.1 Å². The van der Waals surface area contributed by atoms with Gasteiger partial charge in [0.2, 0.25) is 0 Å². The fraction of sp³-hybridized carbons (Fsp3) is 0.0714. The molecule has 0 radical (unpaired) electrons. The van der Waals surface area contributed by atoms with Crippen LogP contribution in [0.2, 0.25) is 0 Å². The molecule has 4 nitrogen and oxygen atoms in total. The summed E-state index contributed by atoms with van der Waals surface area (Å²) in [5.74, 6) is -0.914. The lowest BCUT2D eigenvalue weighted by molar-refractivity contribution is 0.102. The number of hydrogen-bond donors (Lipinski definition) is 3. The Hall–Kier alpha value is -2.56. The lowest BCUT2D eigenvalue weighted by atomic mass is 10.1. The van der Waals surface area contributed by atoms with E-state index in [1.807, 2.05) is 0 Å². The van der Waals surface area contributed by atoms with Crippen molar-refractivity contribution < 1.29 is 14.3 Å². The SMILES string of the molecule is Cc1c(O)cccc1C(=O)Nc1cc(F)ccc1N. The van der Waals surface area contributed by atoms with Gasteiger partial charge in [-0.05, 0) is 37.3 Å². The summed E-state index contributed by atoms with van der Waals surface area (Å²) in [5.41, 5.74) is 6.89. The number of anilines is 2. The van der Waals surface area contributed by atoms with Crippen molar-refractivity contribution >= 4 is 17.3 Å². The Bertz CT molecular complexity index is 641. The van der Waals surface area contributed by atoms with Gasteiger partial charge in [0.15, 0.2) is 0 Å². The molecule has 0 aliphatic carbocycles. The van der Waals surface area contributed by atoms with Gasteiger partial charge in [-0.1, -0.05) is 6.07 Å². The molecule has 0 aliphatic heterocycles. The number of phenolic OH excluding ortho intramolecular Hbond substituents is 1. The van der Waals surface area contributed by atoms with Crippen LogP contribution in [-0.2, 0) is 0 Å². The topological polar surface area (TPSA) is 75.3 Å². The highest BCUT2D eigenvalue weighted by molar-refractivity contribution is 6.06. The number of rotatable bonds is 2. The summed E-state index contributed by atoms with van der Waals surface area (Å²) >= 11 is 0. The number of benzene rings is 2. The number of carbonyl (C=O) groups excluding carboxylic acids is 1. The minimum absolute atomic E-state index is 0.0277. The van der Waals surface area contributed by atoms with Crippen LogP contribution >= 0.6 is 0 Å². The third kappa shape index (κ3) is 2.65. The zero-order valence-electron chi connectivity index (χ0n) is 10.3. The van der Waals surface area contributed by atoms with Gasteiger partial charge in [-0.3, -0.25) is 4.79 Å². The number of phenols is 1. The Labute approximate surface area is 109 Å². The van der Waals surface area contributed by atoms with Crippen LogP contribution in [0.4, 0.5) is 15.8 Å². The highest BCUT2D eigenvalue weighted by atomic mass is 19.1. The number of halogens is 1. The monoisotopic (exact) mass is 260 g/mol. The summed E-state index contributed by atoms with van der Waals surface area (Å²) in [5, 5.41) is 12.1. The summed E-state index contributed by atoms with van der Waals surface area (Å²) in [4.78, 5) is 12.1. The molecule has 2 aromatic rings. The molecule has 0 aromatic heterocycles. The largest absolute Gasteiger partial charge is 0.508 e. The van der Waals surface area contributed by atoms with Crippen molar-refractivity contribution in [1.82, 2.24) is 0 Å². The first kappa shape index (κ1) is 12.9. The minimum Gasteiger partial charge on any atom is -0.508 e. The van der Waals surface area contributed by atoms with E-state index in [0.717, 1.165) is 6.07 Å². The first-order valence-corrected chi connectivity index (χ1v) is 5.64. The summed E-state index contributed by atoms with van der Waals surface area (Å²) in [6.45, 7) is 1.62. The van der Waals surface area contributed by atoms with Crippen LogP contribution in [0.25, 0.3) is 0 Å². The summed E-state index contributed by atoms with van der Waals surface area (Å²) < 4.78 is 13.1. The Morgan fingerprint density at radius 2 is 2.05 bits per heavy atom. The lowest BCUT2D eigenvalue weighted by Gasteiger charge is -2.10. The number of aromatic hydroxyl groups is 1. The molecule has 2 rings (SSSR count). The predicted octanol–water partition coefficient (Wildman–Crippen LogP) is 2.67. The molecule has 0 atom stereocenters. The molecule has 0 fully saturated rings. The number of nitrogen functional groups attached to an aromatic ring is 1. The Morgan fingerprint density at radius 1 is 1.32 bits per heavy atom. The van der Waals surface area contributed by atoms with E-state index < -0.39 is 11.7 Å². The van der Waals surface area contributed by atoms with Crippen LogP contribution in [-0.4, -0.2) is 11.0 Å². The van der Waals surface area contributed by atoms with E-state index in [4.69, 9.17) is 5.73 Å². The molecule has 0 unspecified atom stereocenters. The number of carbonyl (C=O) groups is 1. The number of nitrogens with one attached hydrogen (secondary N) is 1. The summed E-state index contributed by atoms with van der Waals surface area (Å²) in [6.07, 6.45) is 0. The van der Waals surface area contributed by atoms with E-state index >= 15 is 0 Å². The van der Waals surface area contributed by atoms with Crippen molar-refractivity contribution in [3.8, 4) is 5.75 Å². The van der Waals surface area contributed by atoms with Gasteiger partial charge in [0.25, 0.3) is 5.91 Å². The van der Waals surface area contributed by atoms with Gasteiger partial charge >= 0.3 is 0 Å². The first-order chi connectivity index (χ1) is 8.99. The maximum Gasteiger partial charge on any atom is 0.256 e. The summed E-state index contributed by atoms with van der Waals surface area (Å²) in [6, 6.07) is 8.35. The molecule has 19 heavy (non-hydrogen) atoms. The normalized spacial score (nSPS) is 10.2. The average molecular weight is 260 g/mol. The molecule has 0 aliphatic rings. The summed E-state index contributed by atoms with van der Waals surface area (Å²) in [7, 11) is 0. The fourth-order valence-electron chi connectivity index (χ4n) is 1.70. The zero-order chi connectivity index (χ0) is 14.0. The van der Waals surface area contributed by atoms with E-state index in [1.165, 1.54) is 18.2 Å². The van der Waals surface area contributed by atoms with Crippen LogP contribution in [0.15, 0.2) is 36.4 Å². The van der Waals surface area contributed by atoms with E-state index in [9.17, 15) is 14.3 Å². The smallest absolute Gasteiger partial charge is 0.256 e. The molecule has 0 spiro atoms. The van der Waals surface area contributed by atoms with Gasteiger partial charge in [0.1, 0.15) is 11.6 Å². The average Bonchev–Trinajstić information content (AvgIpc) is 2.37. The van der Waals surface area contributed by atoms with Gasteiger partial charge in [0.05, 0.1) is 11.4 Å². The van der Waals surface area contributed by atoms with Gasteiger partial charge in [-0.15, -0.1) is 0 Å². The molecule has 0 bridgehead atoms. The molecule has 0 saturated carbocycles. The molecule has 2 aromatic carbocycles. The molecular formula is C14H13FN2O2. The number of amides is 1. The van der Waals surface area contributed by atoms with E-state index in [-0.39, 0.29) is 17.1 Å². The van der Waals surface area contributed by atoms with E-state index in [1.54, 1.807) is 19.1 Å². The second-order valence-corrected chi connectivity index (χ2v) is 4.14. The molecule has 0 heterocycles. The number of nitrogens with two attached hydrogens (primary N) is 1. The molecule has 5 heteroatoms. The second kappa shape index (κ2) is 4.97. The van der Waals surface area contributed by atoms with Crippen molar-refractivity contribution in [3.63, 3.8) is 0 Å². The Balaban J connectivity index is 2.31. The van der Waals surface area contributed by atoms with Crippen LogP contribution in [0.1, 0.15) is 15.9 Å². The Morgan fingerprint density at radius 3 is 2.79 bits per heavy atom. The number of hydrogen-bond acceptors (Lipinski definition) is 3. The van der Waals surface area contributed by atoms with Gasteiger partial charge in [-0.25, -0.2) is 4.39 Å². The van der Waals surface area contributed by atoms with Crippen molar-refractivity contribution in [1.29, 1.82) is 0 Å². The molecule has 4 N–H and O–H groups in total. The Kier molecular flexibility index (Phi) is 3.37. The van der Waals surface area contributed by atoms with E-state index in [2.05, 4.69) is 5.32 Å². The highest BCUT2D eigenvalue weighted by Crippen LogP contribution is 2.23. The standard InChI is InChI=1S/C14H13FN2O2/c1-8-10(3-2-4-13(8)18)14(19)17-12-7-9(15)5-6-11(12)16/h2-7,18H,16H2,1H3,(H,17,19). The lowest BCUT2D eigenvalue weighted by Crippen LogP contribution is -2.14. The first-order valence-electron chi connectivity index (χ1n) is 5.64. The van der Waals surface area contributed by atoms with Crippen molar-refractivity contribution in [2.75, 3.05) is 11.1 Å². The van der Waals surface area contributed by atoms with Crippen LogP contribution in [0.5, 0.6) is 5.75 Å². The molecule has 1 amide bonds. The van der Waals surface area contributed by atoms with Crippen molar-refractivity contribution in [2.24, 2.45) is 0 Å². The highest BCUT2D eigenvalue weighted by Gasteiger charge is 2.13. The van der Waals surface area contributed by atoms with Crippen molar-refractivity contribution in [3.05, 3.63) is 53.3 Å². The van der Waals surface area contributed by atoms with Crippen LogP contribution in [0, 0.1) is 12.7 Å². The maximum absolute atomic E-state index is 13.1. The predicted molar refractivity (Wildman–Crippen MR) is 71.6 cm³/mol. The molecule has 98 valence electrons. The fourth-order valence-corrected chi connectivity index (χ4v) is 1.70. The molecular weight excluding hydrogens is 247 g/mol. The van der Waals surface area contributed by atoms with Gasteiger partial charge < -0.3 is 16.2 Å². The maximum atomic E-state index is 13.1.